The summed E-state index contributed by atoms with van der Waals surface area (Å²) in [4.78, 5) is 20.5. The van der Waals surface area contributed by atoms with E-state index in [0.717, 1.165) is 16.9 Å². The van der Waals surface area contributed by atoms with Crippen LogP contribution in [0.25, 0.3) is 0 Å². The van der Waals surface area contributed by atoms with Crippen molar-refractivity contribution in [2.45, 2.75) is 6.54 Å². The molecule has 2 rings (SSSR count). The molecule has 0 bridgehead atoms. The first-order valence-electron chi connectivity index (χ1n) is 5.28. The summed E-state index contributed by atoms with van der Waals surface area (Å²) in [5.41, 5.74) is -0.717. The predicted octanol–water partition coefficient (Wildman–Crippen LogP) is 1.82. The van der Waals surface area contributed by atoms with Crippen LogP contribution in [0.15, 0.2) is 24.4 Å². The van der Waals surface area contributed by atoms with Gasteiger partial charge in [0.1, 0.15) is 0 Å². The Morgan fingerprint density at radius 1 is 1.45 bits per heavy atom. The number of hydrogen-bond donors (Lipinski definition) is 1. The van der Waals surface area contributed by atoms with Gasteiger partial charge in [0.15, 0.2) is 17.2 Å². The molecule has 1 aromatic carbocycles. The molecule has 0 saturated carbocycles. The molecule has 0 spiro atoms. The van der Waals surface area contributed by atoms with Crippen molar-refractivity contribution in [3.8, 4) is 0 Å². The molecule has 0 amide bonds. The molecule has 20 heavy (non-hydrogen) atoms. The van der Waals surface area contributed by atoms with Crippen LogP contribution in [0.1, 0.15) is 15.9 Å². The van der Waals surface area contributed by atoms with Crippen molar-refractivity contribution in [1.82, 2.24) is 9.78 Å². The molecule has 0 atom stereocenters. The molecule has 0 unspecified atom stereocenters. The third-order valence-electron chi connectivity index (χ3n) is 2.51. The molecule has 0 aliphatic heterocycles. The number of carboxylic acid groups (broad SMARTS) is 1. The highest BCUT2D eigenvalue weighted by atomic mass is 19.2. The van der Waals surface area contributed by atoms with Crippen molar-refractivity contribution in [2.75, 3.05) is 0 Å². The number of carboxylic acids is 1. The number of nitro groups is 1. The standard InChI is InChI=1S/C11H7F2N3O4/c12-8-3-1-2-6(9(8)13)4-15-5-7(11(17)18)10(14-15)16(19)20/h1-3,5H,4H2,(H,17,18). The van der Waals surface area contributed by atoms with Crippen molar-refractivity contribution in [1.29, 1.82) is 0 Å². The number of hydrogen-bond acceptors (Lipinski definition) is 4. The van der Waals surface area contributed by atoms with Gasteiger partial charge in [-0.2, -0.15) is 4.68 Å². The molecule has 1 N–H and O–H groups in total. The van der Waals surface area contributed by atoms with Crippen LogP contribution in [-0.4, -0.2) is 25.8 Å². The van der Waals surface area contributed by atoms with E-state index in [9.17, 15) is 23.7 Å². The maximum Gasteiger partial charge on any atom is 0.404 e. The first-order valence-corrected chi connectivity index (χ1v) is 5.28. The monoisotopic (exact) mass is 283 g/mol. The molecule has 104 valence electrons. The lowest BCUT2D eigenvalue weighted by Gasteiger charge is -2.01. The van der Waals surface area contributed by atoms with Gasteiger partial charge in [0.25, 0.3) is 0 Å². The van der Waals surface area contributed by atoms with Crippen LogP contribution in [0.5, 0.6) is 0 Å². The minimum Gasteiger partial charge on any atom is -0.477 e. The number of nitrogens with zero attached hydrogens (tertiary/aromatic N) is 3. The highest BCUT2D eigenvalue weighted by Crippen LogP contribution is 2.18. The summed E-state index contributed by atoms with van der Waals surface area (Å²) >= 11 is 0. The first kappa shape index (κ1) is 13.6. The van der Waals surface area contributed by atoms with Crippen LogP contribution in [0.2, 0.25) is 0 Å². The van der Waals surface area contributed by atoms with Gasteiger partial charge >= 0.3 is 11.8 Å². The minimum absolute atomic E-state index is 0.0978. The largest absolute Gasteiger partial charge is 0.477 e. The molecule has 9 heteroatoms. The lowest BCUT2D eigenvalue weighted by Crippen LogP contribution is -2.04. The Morgan fingerprint density at radius 3 is 2.70 bits per heavy atom. The van der Waals surface area contributed by atoms with Gasteiger partial charge in [0.2, 0.25) is 0 Å². The Bertz CT molecular complexity index is 667. The van der Waals surface area contributed by atoms with Crippen molar-refractivity contribution >= 4 is 11.8 Å². The average molecular weight is 283 g/mol. The fourth-order valence-corrected chi connectivity index (χ4v) is 1.62. The normalized spacial score (nSPS) is 10.5. The van der Waals surface area contributed by atoms with E-state index in [2.05, 4.69) is 5.10 Å². The summed E-state index contributed by atoms with van der Waals surface area (Å²) in [6.07, 6.45) is 0.894. The lowest BCUT2D eigenvalue weighted by molar-refractivity contribution is -0.390. The van der Waals surface area contributed by atoms with Gasteiger partial charge in [-0.15, -0.1) is 0 Å². The molecular weight excluding hydrogens is 276 g/mol. The zero-order valence-corrected chi connectivity index (χ0v) is 9.79. The second-order valence-electron chi connectivity index (χ2n) is 3.84. The molecule has 0 aliphatic carbocycles. The molecule has 0 aliphatic rings. The number of aromatic carboxylic acids is 1. The molecule has 1 heterocycles. The Hall–Kier alpha value is -2.84. The maximum absolute atomic E-state index is 13.4. The summed E-state index contributed by atoms with van der Waals surface area (Å²) in [5.74, 6) is -4.55. The zero-order valence-electron chi connectivity index (χ0n) is 9.79. The van der Waals surface area contributed by atoms with Gasteiger partial charge in [-0.05, 0) is 11.0 Å². The second kappa shape index (κ2) is 5.03. The van der Waals surface area contributed by atoms with E-state index in [1.165, 1.54) is 12.1 Å². The van der Waals surface area contributed by atoms with E-state index in [1.54, 1.807) is 0 Å². The smallest absolute Gasteiger partial charge is 0.404 e. The van der Waals surface area contributed by atoms with Crippen LogP contribution < -0.4 is 0 Å². The van der Waals surface area contributed by atoms with Gasteiger partial charge in [-0.25, -0.2) is 13.6 Å². The molecule has 2 aromatic rings. The number of rotatable bonds is 4. The molecule has 1 aromatic heterocycles. The van der Waals surface area contributed by atoms with Crippen LogP contribution in [-0.2, 0) is 6.54 Å². The highest BCUT2D eigenvalue weighted by molar-refractivity contribution is 5.91. The molecular formula is C11H7F2N3O4. The summed E-state index contributed by atoms with van der Waals surface area (Å²) in [6.45, 7) is -0.322. The van der Waals surface area contributed by atoms with Crippen LogP contribution in [0.4, 0.5) is 14.6 Å². The van der Waals surface area contributed by atoms with Gasteiger partial charge in [0.05, 0.1) is 17.8 Å². The number of benzene rings is 1. The fourth-order valence-electron chi connectivity index (χ4n) is 1.62. The Kier molecular flexibility index (Phi) is 3.42. The van der Waals surface area contributed by atoms with E-state index in [0.29, 0.717) is 0 Å². The summed E-state index contributed by atoms with van der Waals surface area (Å²) in [5, 5.41) is 22.9. The zero-order chi connectivity index (χ0) is 14.9. The van der Waals surface area contributed by atoms with Crippen molar-refractivity contribution in [3.63, 3.8) is 0 Å². The number of halogens is 2. The third-order valence-corrected chi connectivity index (χ3v) is 2.51. The van der Waals surface area contributed by atoms with Crippen molar-refractivity contribution < 1.29 is 23.6 Å². The lowest BCUT2D eigenvalue weighted by atomic mass is 10.2. The van der Waals surface area contributed by atoms with E-state index in [4.69, 9.17) is 5.11 Å². The SMILES string of the molecule is O=C(O)c1cn(Cc2cccc(F)c2F)nc1[N+](=O)[O-]. The highest BCUT2D eigenvalue weighted by Gasteiger charge is 2.26. The van der Waals surface area contributed by atoms with E-state index in [1.807, 2.05) is 0 Å². The molecule has 0 radical (unpaired) electrons. The third kappa shape index (κ3) is 2.46. The van der Waals surface area contributed by atoms with E-state index < -0.39 is 33.9 Å². The Morgan fingerprint density at radius 2 is 2.15 bits per heavy atom. The van der Waals surface area contributed by atoms with Gasteiger partial charge in [0, 0.05) is 5.56 Å². The Balaban J connectivity index is 2.40. The van der Waals surface area contributed by atoms with Crippen molar-refractivity contribution in [2.24, 2.45) is 0 Å². The van der Waals surface area contributed by atoms with Crippen molar-refractivity contribution in [3.05, 3.63) is 57.3 Å². The number of aromatic nitrogens is 2. The Labute approximate surface area is 110 Å². The molecule has 0 fully saturated rings. The first-order chi connectivity index (χ1) is 9.40. The summed E-state index contributed by atoms with van der Waals surface area (Å²) in [7, 11) is 0. The molecule has 0 saturated heterocycles. The predicted molar refractivity (Wildman–Crippen MR) is 61.3 cm³/mol. The van der Waals surface area contributed by atoms with Gasteiger partial charge < -0.3 is 15.2 Å². The van der Waals surface area contributed by atoms with Crippen LogP contribution in [0, 0.1) is 21.7 Å². The molecule has 7 nitrogen and oxygen atoms in total. The van der Waals surface area contributed by atoms with E-state index in [-0.39, 0.29) is 12.1 Å². The van der Waals surface area contributed by atoms with E-state index >= 15 is 0 Å². The minimum atomic E-state index is -1.53. The van der Waals surface area contributed by atoms with Crippen LogP contribution in [0.3, 0.4) is 0 Å². The van der Waals surface area contributed by atoms with Crippen LogP contribution >= 0.6 is 0 Å². The van der Waals surface area contributed by atoms with Gasteiger partial charge in [-0.3, -0.25) is 0 Å². The number of carbonyl (C=O) groups is 1. The van der Waals surface area contributed by atoms with Gasteiger partial charge in [-0.1, -0.05) is 12.1 Å². The maximum atomic E-state index is 13.4. The topological polar surface area (TPSA) is 98.3 Å². The average Bonchev–Trinajstić information content (AvgIpc) is 2.79. The quantitative estimate of drug-likeness (QED) is 0.681. The fraction of sp³-hybridized carbons (Fsp3) is 0.0909. The second-order valence-corrected chi connectivity index (χ2v) is 3.84. The summed E-state index contributed by atoms with van der Waals surface area (Å²) in [6, 6.07) is 3.46. The summed E-state index contributed by atoms with van der Waals surface area (Å²) < 4.78 is 27.3.